The van der Waals surface area contributed by atoms with Crippen LogP contribution in [0.15, 0.2) is 18.2 Å². The lowest BCUT2D eigenvalue weighted by Gasteiger charge is -2.18. The standard InChI is InChI=1S/C15H21ClN2O.ClH/c1-19-15-5-2-10(6-13(15)16)7-18-8-11-3-4-14(17)12(11)9-18;/h2,5-6,11-12,14H,3-4,7-9,17H2,1H3;1H. The number of hydrogen-bond acceptors (Lipinski definition) is 3. The molecule has 20 heavy (non-hydrogen) atoms. The maximum Gasteiger partial charge on any atom is 0.137 e. The van der Waals surface area contributed by atoms with Crippen molar-refractivity contribution in [3.8, 4) is 5.75 Å². The lowest BCUT2D eigenvalue weighted by atomic mass is 9.98. The third-order valence-corrected chi connectivity index (χ3v) is 4.91. The minimum absolute atomic E-state index is 0. The topological polar surface area (TPSA) is 38.5 Å². The van der Waals surface area contributed by atoms with Crippen LogP contribution in [0.2, 0.25) is 5.02 Å². The van der Waals surface area contributed by atoms with Gasteiger partial charge in [-0.1, -0.05) is 17.7 Å². The Labute approximate surface area is 131 Å². The van der Waals surface area contributed by atoms with Crippen LogP contribution in [-0.4, -0.2) is 31.1 Å². The third kappa shape index (κ3) is 3.06. The first-order valence-electron chi connectivity index (χ1n) is 6.97. The van der Waals surface area contributed by atoms with Gasteiger partial charge in [-0.15, -0.1) is 12.4 Å². The molecule has 0 spiro atoms. The van der Waals surface area contributed by atoms with Gasteiger partial charge in [0.15, 0.2) is 0 Å². The Morgan fingerprint density at radius 2 is 2.15 bits per heavy atom. The largest absolute Gasteiger partial charge is 0.495 e. The number of fused-ring (bicyclic) bond motifs is 1. The molecule has 0 radical (unpaired) electrons. The van der Waals surface area contributed by atoms with E-state index in [0.717, 1.165) is 24.8 Å². The molecule has 2 aliphatic rings. The predicted octanol–water partition coefficient (Wildman–Crippen LogP) is 2.94. The first kappa shape index (κ1) is 15.9. The van der Waals surface area contributed by atoms with E-state index in [1.54, 1.807) is 7.11 Å². The molecule has 0 amide bonds. The quantitative estimate of drug-likeness (QED) is 0.931. The average Bonchev–Trinajstić information content (AvgIpc) is 2.92. The zero-order valence-electron chi connectivity index (χ0n) is 11.7. The molecule has 1 aliphatic heterocycles. The number of benzene rings is 1. The van der Waals surface area contributed by atoms with Gasteiger partial charge in [0.05, 0.1) is 12.1 Å². The van der Waals surface area contributed by atoms with Gasteiger partial charge in [-0.3, -0.25) is 4.90 Å². The molecule has 3 unspecified atom stereocenters. The van der Waals surface area contributed by atoms with E-state index in [-0.39, 0.29) is 12.4 Å². The molecule has 2 fully saturated rings. The van der Waals surface area contributed by atoms with Crippen LogP contribution < -0.4 is 10.5 Å². The molecule has 5 heteroatoms. The van der Waals surface area contributed by atoms with Crippen molar-refractivity contribution >= 4 is 24.0 Å². The molecule has 1 aromatic carbocycles. The van der Waals surface area contributed by atoms with Crippen LogP contribution in [0, 0.1) is 11.8 Å². The highest BCUT2D eigenvalue weighted by molar-refractivity contribution is 6.32. The Bertz CT molecular complexity index is 469. The van der Waals surface area contributed by atoms with Gasteiger partial charge in [-0.2, -0.15) is 0 Å². The van der Waals surface area contributed by atoms with Gasteiger partial charge in [0.25, 0.3) is 0 Å². The van der Waals surface area contributed by atoms with E-state index >= 15 is 0 Å². The van der Waals surface area contributed by atoms with Crippen molar-refractivity contribution in [3.05, 3.63) is 28.8 Å². The second-order valence-electron chi connectivity index (χ2n) is 5.83. The van der Waals surface area contributed by atoms with Crippen molar-refractivity contribution in [2.24, 2.45) is 17.6 Å². The summed E-state index contributed by atoms with van der Waals surface area (Å²) in [6.07, 6.45) is 2.50. The molecule has 112 valence electrons. The number of halogens is 2. The second-order valence-corrected chi connectivity index (χ2v) is 6.24. The monoisotopic (exact) mass is 316 g/mol. The molecule has 1 aromatic rings. The highest BCUT2D eigenvalue weighted by Crippen LogP contribution is 2.37. The summed E-state index contributed by atoms with van der Waals surface area (Å²) in [6, 6.07) is 6.46. The number of likely N-dealkylation sites (tertiary alicyclic amines) is 1. The van der Waals surface area contributed by atoms with Gasteiger partial charge in [0, 0.05) is 25.7 Å². The van der Waals surface area contributed by atoms with Gasteiger partial charge < -0.3 is 10.5 Å². The van der Waals surface area contributed by atoms with Crippen LogP contribution >= 0.6 is 24.0 Å². The maximum atomic E-state index is 6.17. The molecule has 0 aromatic heterocycles. The number of rotatable bonds is 3. The van der Waals surface area contributed by atoms with E-state index in [1.165, 1.54) is 24.9 Å². The molecule has 1 aliphatic carbocycles. The van der Waals surface area contributed by atoms with Crippen LogP contribution in [0.3, 0.4) is 0 Å². The number of nitrogens with zero attached hydrogens (tertiary/aromatic N) is 1. The van der Waals surface area contributed by atoms with Gasteiger partial charge in [-0.05, 0) is 42.4 Å². The Morgan fingerprint density at radius 3 is 2.80 bits per heavy atom. The molecular formula is C15H22Cl2N2O. The summed E-state index contributed by atoms with van der Waals surface area (Å²) in [5, 5.41) is 0.691. The minimum Gasteiger partial charge on any atom is -0.495 e. The average molecular weight is 317 g/mol. The molecule has 1 saturated carbocycles. The maximum absolute atomic E-state index is 6.17. The summed E-state index contributed by atoms with van der Waals surface area (Å²) < 4.78 is 5.18. The lowest BCUT2D eigenvalue weighted by Crippen LogP contribution is -2.30. The van der Waals surface area contributed by atoms with E-state index < -0.39 is 0 Å². The van der Waals surface area contributed by atoms with Gasteiger partial charge >= 0.3 is 0 Å². The SMILES string of the molecule is COc1ccc(CN2CC3CCC(N)C3C2)cc1Cl.Cl. The highest BCUT2D eigenvalue weighted by Gasteiger charge is 2.40. The zero-order chi connectivity index (χ0) is 13.4. The van der Waals surface area contributed by atoms with Gasteiger partial charge in [0.2, 0.25) is 0 Å². The van der Waals surface area contributed by atoms with Gasteiger partial charge in [-0.25, -0.2) is 0 Å². The van der Waals surface area contributed by atoms with E-state index in [9.17, 15) is 0 Å². The summed E-state index contributed by atoms with van der Waals surface area (Å²) >= 11 is 6.17. The lowest BCUT2D eigenvalue weighted by molar-refractivity contribution is 0.298. The Morgan fingerprint density at radius 1 is 1.35 bits per heavy atom. The van der Waals surface area contributed by atoms with Gasteiger partial charge in [0.1, 0.15) is 5.75 Å². The number of hydrogen-bond donors (Lipinski definition) is 1. The smallest absolute Gasteiger partial charge is 0.137 e. The molecule has 0 bridgehead atoms. The summed E-state index contributed by atoms with van der Waals surface area (Å²) in [5.41, 5.74) is 7.42. The first-order chi connectivity index (χ1) is 9.17. The van der Waals surface area contributed by atoms with Crippen molar-refractivity contribution in [2.75, 3.05) is 20.2 Å². The van der Waals surface area contributed by atoms with Crippen molar-refractivity contribution in [1.29, 1.82) is 0 Å². The zero-order valence-corrected chi connectivity index (χ0v) is 13.3. The first-order valence-corrected chi connectivity index (χ1v) is 7.35. The second kappa shape index (κ2) is 6.52. The Balaban J connectivity index is 0.00000147. The predicted molar refractivity (Wildman–Crippen MR) is 84.7 cm³/mol. The Hall–Kier alpha value is -0.480. The fourth-order valence-electron chi connectivity index (χ4n) is 3.60. The van der Waals surface area contributed by atoms with Crippen LogP contribution in [0.5, 0.6) is 5.75 Å². The van der Waals surface area contributed by atoms with E-state index in [2.05, 4.69) is 11.0 Å². The molecule has 3 rings (SSSR count). The fourth-order valence-corrected chi connectivity index (χ4v) is 3.88. The van der Waals surface area contributed by atoms with Crippen molar-refractivity contribution < 1.29 is 4.74 Å². The fraction of sp³-hybridized carbons (Fsp3) is 0.600. The van der Waals surface area contributed by atoms with E-state index in [0.29, 0.717) is 17.0 Å². The van der Waals surface area contributed by atoms with Crippen LogP contribution in [0.4, 0.5) is 0 Å². The number of ether oxygens (including phenoxy) is 1. The van der Waals surface area contributed by atoms with E-state index in [4.69, 9.17) is 22.1 Å². The molecule has 2 N–H and O–H groups in total. The summed E-state index contributed by atoms with van der Waals surface area (Å²) in [5.74, 6) is 2.25. The highest BCUT2D eigenvalue weighted by atomic mass is 35.5. The minimum atomic E-state index is 0. The van der Waals surface area contributed by atoms with Crippen LogP contribution in [0.1, 0.15) is 18.4 Å². The molecule has 3 nitrogen and oxygen atoms in total. The Kier molecular flexibility index (Phi) is 5.19. The molecule has 1 heterocycles. The van der Waals surface area contributed by atoms with E-state index in [1.807, 2.05) is 12.1 Å². The molecule has 3 atom stereocenters. The van der Waals surface area contributed by atoms with Crippen LogP contribution in [0.25, 0.3) is 0 Å². The van der Waals surface area contributed by atoms with Crippen molar-refractivity contribution in [1.82, 2.24) is 4.90 Å². The normalized spacial score (nSPS) is 29.1. The summed E-state index contributed by atoms with van der Waals surface area (Å²) in [7, 11) is 1.64. The third-order valence-electron chi connectivity index (χ3n) is 4.61. The van der Waals surface area contributed by atoms with Crippen LogP contribution in [-0.2, 0) is 6.54 Å². The number of nitrogens with two attached hydrogens (primary N) is 1. The van der Waals surface area contributed by atoms with Crippen molar-refractivity contribution in [2.45, 2.75) is 25.4 Å². The molecular weight excluding hydrogens is 295 g/mol. The summed E-state index contributed by atoms with van der Waals surface area (Å²) in [6.45, 7) is 3.28. The summed E-state index contributed by atoms with van der Waals surface area (Å²) in [4.78, 5) is 2.51. The number of methoxy groups -OCH3 is 1. The molecule has 1 saturated heterocycles. The van der Waals surface area contributed by atoms with Crippen molar-refractivity contribution in [3.63, 3.8) is 0 Å².